The van der Waals surface area contributed by atoms with E-state index in [0.717, 1.165) is 31.2 Å². The number of aromatic hydroxyl groups is 1. The van der Waals surface area contributed by atoms with Gasteiger partial charge in [0.15, 0.2) is 11.5 Å². The summed E-state index contributed by atoms with van der Waals surface area (Å²) in [6, 6.07) is 16.4. The van der Waals surface area contributed by atoms with Crippen LogP contribution in [-0.2, 0) is 16.1 Å². The number of aromatic nitrogens is 1. The van der Waals surface area contributed by atoms with Gasteiger partial charge in [0.2, 0.25) is 12.0 Å². The number of ether oxygens (including phenoxy) is 2. The second-order valence-electron chi connectivity index (χ2n) is 9.53. The molecule has 1 aliphatic carbocycles. The first-order valence-electron chi connectivity index (χ1n) is 12.8. The fourth-order valence-corrected chi connectivity index (χ4v) is 4.97. The molecule has 2 aliphatic rings. The van der Waals surface area contributed by atoms with Gasteiger partial charge >= 0.3 is 0 Å². The van der Waals surface area contributed by atoms with E-state index in [4.69, 9.17) is 9.47 Å². The lowest BCUT2D eigenvalue weighted by Crippen LogP contribution is -2.52. The number of carbonyl (C=O) groups excluding carboxylic acids is 2. The molecule has 192 valence electrons. The summed E-state index contributed by atoms with van der Waals surface area (Å²) in [5, 5.41) is 13.1. The highest BCUT2D eigenvalue weighted by Crippen LogP contribution is 2.33. The van der Waals surface area contributed by atoms with E-state index in [-0.39, 0.29) is 36.8 Å². The van der Waals surface area contributed by atoms with Crippen LogP contribution in [0.2, 0.25) is 0 Å². The molecule has 8 heteroatoms. The Morgan fingerprint density at radius 2 is 1.76 bits per heavy atom. The van der Waals surface area contributed by atoms with Crippen LogP contribution < -0.4 is 14.8 Å². The molecule has 0 unspecified atom stereocenters. The Labute approximate surface area is 216 Å². The van der Waals surface area contributed by atoms with Crippen LogP contribution in [0.15, 0.2) is 73.1 Å². The van der Waals surface area contributed by atoms with Crippen LogP contribution in [0.25, 0.3) is 0 Å². The molecule has 0 spiro atoms. The highest BCUT2D eigenvalue weighted by Gasteiger charge is 2.38. The number of pyridine rings is 1. The SMILES string of the molecule is O=C(NC1CCCCC1)[C@H](c1ccc(O)cc1)N(Cc1cccnc1)C(=O)[C@H]1COc2ccccc2O1. The monoisotopic (exact) mass is 501 g/mol. The number of nitrogens with zero attached hydrogens (tertiary/aromatic N) is 2. The lowest BCUT2D eigenvalue weighted by atomic mass is 9.94. The first-order chi connectivity index (χ1) is 18.1. The second-order valence-corrected chi connectivity index (χ2v) is 9.53. The van der Waals surface area contributed by atoms with Crippen LogP contribution in [-0.4, -0.2) is 45.6 Å². The Bertz CT molecular complexity index is 1210. The van der Waals surface area contributed by atoms with Crippen LogP contribution in [0.5, 0.6) is 17.2 Å². The molecule has 0 radical (unpaired) electrons. The van der Waals surface area contributed by atoms with Gasteiger partial charge in [0.1, 0.15) is 18.4 Å². The molecule has 1 fully saturated rings. The Morgan fingerprint density at radius 3 is 2.49 bits per heavy atom. The van der Waals surface area contributed by atoms with Gasteiger partial charge < -0.3 is 24.8 Å². The number of rotatable bonds is 7. The van der Waals surface area contributed by atoms with E-state index in [1.54, 1.807) is 42.7 Å². The Hall–Kier alpha value is -4.07. The first kappa shape index (κ1) is 24.6. The Kier molecular flexibility index (Phi) is 7.54. The number of phenolic OH excluding ortho intramolecular Hbond substituents is 1. The predicted octanol–water partition coefficient (Wildman–Crippen LogP) is 4.15. The minimum atomic E-state index is -0.934. The maximum absolute atomic E-state index is 14.1. The summed E-state index contributed by atoms with van der Waals surface area (Å²) >= 11 is 0. The number of hydrogen-bond acceptors (Lipinski definition) is 6. The van der Waals surface area contributed by atoms with Crippen molar-refractivity contribution in [2.24, 2.45) is 0 Å². The molecule has 2 amide bonds. The molecule has 1 aliphatic heterocycles. The molecule has 0 saturated heterocycles. The van der Waals surface area contributed by atoms with Crippen molar-refractivity contribution in [2.45, 2.75) is 56.8 Å². The van der Waals surface area contributed by atoms with Crippen molar-refractivity contribution in [1.29, 1.82) is 0 Å². The van der Waals surface area contributed by atoms with Gasteiger partial charge in [-0.3, -0.25) is 14.6 Å². The third kappa shape index (κ3) is 5.85. The highest BCUT2D eigenvalue weighted by atomic mass is 16.6. The molecule has 3 aromatic rings. The molecular weight excluding hydrogens is 470 g/mol. The Morgan fingerprint density at radius 1 is 1.00 bits per heavy atom. The van der Waals surface area contributed by atoms with Gasteiger partial charge in [0, 0.05) is 25.0 Å². The van der Waals surface area contributed by atoms with E-state index in [2.05, 4.69) is 10.3 Å². The molecule has 5 rings (SSSR count). The quantitative estimate of drug-likeness (QED) is 0.505. The van der Waals surface area contributed by atoms with Gasteiger partial charge in [-0.15, -0.1) is 0 Å². The maximum atomic E-state index is 14.1. The van der Waals surface area contributed by atoms with Crippen molar-refractivity contribution < 1.29 is 24.2 Å². The number of carbonyl (C=O) groups is 2. The summed E-state index contributed by atoms with van der Waals surface area (Å²) in [4.78, 5) is 33.6. The first-order valence-corrected chi connectivity index (χ1v) is 12.8. The van der Waals surface area contributed by atoms with Crippen LogP contribution >= 0.6 is 0 Å². The Balaban J connectivity index is 1.49. The van der Waals surface area contributed by atoms with Crippen molar-refractivity contribution in [2.75, 3.05) is 6.61 Å². The molecule has 2 heterocycles. The van der Waals surface area contributed by atoms with Crippen molar-refractivity contribution in [3.05, 3.63) is 84.2 Å². The number of benzene rings is 2. The van der Waals surface area contributed by atoms with E-state index in [1.807, 2.05) is 18.2 Å². The zero-order valence-corrected chi connectivity index (χ0v) is 20.6. The van der Waals surface area contributed by atoms with Crippen LogP contribution in [0.3, 0.4) is 0 Å². The van der Waals surface area contributed by atoms with Crippen molar-refractivity contribution >= 4 is 11.8 Å². The number of phenols is 1. The van der Waals surface area contributed by atoms with E-state index in [9.17, 15) is 14.7 Å². The van der Waals surface area contributed by atoms with Crippen molar-refractivity contribution in [3.8, 4) is 17.2 Å². The van der Waals surface area contributed by atoms with E-state index in [0.29, 0.717) is 17.1 Å². The van der Waals surface area contributed by atoms with E-state index < -0.39 is 12.1 Å². The zero-order chi connectivity index (χ0) is 25.6. The number of hydrogen-bond donors (Lipinski definition) is 2. The molecule has 8 nitrogen and oxygen atoms in total. The van der Waals surface area contributed by atoms with Gasteiger partial charge in [-0.05, 0) is 54.3 Å². The standard InChI is InChI=1S/C29H31N3O5/c33-23-14-12-21(13-15-23)27(28(34)31-22-8-2-1-3-9-22)32(18-20-7-6-16-30-17-20)29(35)26-19-36-24-10-4-5-11-25(24)37-26/h4-7,10-17,22,26-27,33H,1-3,8-9,18-19H2,(H,31,34)/t26-,27+/m1/s1. The van der Waals surface area contributed by atoms with Crippen molar-refractivity contribution in [3.63, 3.8) is 0 Å². The average Bonchev–Trinajstić information content (AvgIpc) is 2.94. The second kappa shape index (κ2) is 11.3. The molecule has 1 aromatic heterocycles. The summed E-state index contributed by atoms with van der Waals surface area (Å²) in [5.41, 5.74) is 1.38. The number of fused-ring (bicyclic) bond motifs is 1. The number of amides is 2. The summed E-state index contributed by atoms with van der Waals surface area (Å²) in [6.45, 7) is 0.184. The summed E-state index contributed by atoms with van der Waals surface area (Å²) in [6.07, 6.45) is 7.56. The summed E-state index contributed by atoms with van der Waals surface area (Å²) in [7, 11) is 0. The molecule has 2 atom stereocenters. The van der Waals surface area contributed by atoms with E-state index in [1.165, 1.54) is 23.5 Å². The average molecular weight is 502 g/mol. The van der Waals surface area contributed by atoms with Crippen LogP contribution in [0.1, 0.15) is 49.3 Å². The van der Waals surface area contributed by atoms with Crippen molar-refractivity contribution in [1.82, 2.24) is 15.2 Å². The molecule has 0 bridgehead atoms. The largest absolute Gasteiger partial charge is 0.508 e. The molecule has 37 heavy (non-hydrogen) atoms. The lowest BCUT2D eigenvalue weighted by molar-refractivity contribution is -0.149. The van der Waals surface area contributed by atoms with E-state index >= 15 is 0 Å². The van der Waals surface area contributed by atoms with Gasteiger partial charge in [0.25, 0.3) is 5.91 Å². The normalized spacial score (nSPS) is 18.0. The fourth-order valence-electron chi connectivity index (χ4n) is 4.97. The van der Waals surface area contributed by atoms with Crippen LogP contribution in [0, 0.1) is 0 Å². The topological polar surface area (TPSA) is 101 Å². The number of nitrogens with one attached hydrogen (secondary N) is 1. The highest BCUT2D eigenvalue weighted by molar-refractivity contribution is 5.91. The third-order valence-corrected chi connectivity index (χ3v) is 6.86. The molecular formula is C29H31N3O5. The third-order valence-electron chi connectivity index (χ3n) is 6.86. The van der Waals surface area contributed by atoms with Crippen LogP contribution in [0.4, 0.5) is 0 Å². The minimum absolute atomic E-state index is 0.0337. The summed E-state index contributed by atoms with van der Waals surface area (Å²) in [5.74, 6) is 0.528. The molecule has 1 saturated carbocycles. The van der Waals surface area contributed by atoms with Gasteiger partial charge in [-0.1, -0.05) is 49.6 Å². The van der Waals surface area contributed by atoms with Gasteiger partial charge in [-0.2, -0.15) is 0 Å². The zero-order valence-electron chi connectivity index (χ0n) is 20.6. The maximum Gasteiger partial charge on any atom is 0.268 e. The van der Waals surface area contributed by atoms with Gasteiger partial charge in [-0.25, -0.2) is 0 Å². The predicted molar refractivity (Wildman–Crippen MR) is 137 cm³/mol. The fraction of sp³-hybridized carbons (Fsp3) is 0.345. The number of para-hydroxylation sites is 2. The summed E-state index contributed by atoms with van der Waals surface area (Å²) < 4.78 is 11.9. The molecule has 2 N–H and O–H groups in total. The molecule has 2 aromatic carbocycles. The smallest absolute Gasteiger partial charge is 0.268 e. The minimum Gasteiger partial charge on any atom is -0.508 e. The van der Waals surface area contributed by atoms with Gasteiger partial charge in [0.05, 0.1) is 0 Å². The lowest BCUT2D eigenvalue weighted by Gasteiger charge is -2.36.